The van der Waals surface area contributed by atoms with Crippen LogP contribution in [-0.4, -0.2) is 32.0 Å². The van der Waals surface area contributed by atoms with E-state index >= 15 is 0 Å². The number of allylic oxidation sites excluding steroid dienone is 2. The molecule has 0 saturated carbocycles. The molecule has 2 unspecified atom stereocenters. The molecule has 0 spiro atoms. The summed E-state index contributed by atoms with van der Waals surface area (Å²) in [6, 6.07) is 21.5. The number of hydrogen-bond acceptors (Lipinski definition) is 2. The van der Waals surface area contributed by atoms with Gasteiger partial charge in [-0.3, -0.25) is 0 Å². The number of rotatable bonds is 7. The van der Waals surface area contributed by atoms with E-state index in [0.29, 0.717) is 0 Å². The fourth-order valence-electron chi connectivity index (χ4n) is 8.13. The number of aryl methyl sites for hydroxylation is 2. The van der Waals surface area contributed by atoms with E-state index in [4.69, 9.17) is 27.0 Å². The molecule has 6 rings (SSSR count). The Morgan fingerprint density at radius 1 is 0.609 bits per heavy atom. The monoisotopic (exact) mass is 775 g/mol. The average molecular weight is 778 g/mol. The molecule has 239 valence electrons. The molecular weight excluding hydrogens is 731 g/mol. The van der Waals surface area contributed by atoms with Gasteiger partial charge in [-0.2, -0.15) is 0 Å². The second kappa shape index (κ2) is 11.7. The van der Waals surface area contributed by atoms with Gasteiger partial charge in [0.15, 0.2) is 0 Å². The van der Waals surface area contributed by atoms with Crippen LogP contribution in [-0.2, 0) is 15.6 Å². The molecule has 0 fully saturated rings. The molecule has 0 bridgehead atoms. The normalized spacial score (nSPS) is 18.9. The van der Waals surface area contributed by atoms with E-state index in [-0.39, 0.29) is 7.25 Å². The van der Waals surface area contributed by atoms with Gasteiger partial charge in [-0.15, -0.1) is 0 Å². The van der Waals surface area contributed by atoms with Gasteiger partial charge in [-0.25, -0.2) is 0 Å². The molecule has 8 heteroatoms. The van der Waals surface area contributed by atoms with Crippen LogP contribution in [0, 0.1) is 13.8 Å². The average Bonchev–Trinajstić information content (AvgIpc) is 3.62. The van der Waals surface area contributed by atoms with Crippen LogP contribution in [0.25, 0.3) is 34.7 Å². The van der Waals surface area contributed by atoms with Gasteiger partial charge in [-0.1, -0.05) is 0 Å². The Labute approximate surface area is 287 Å². The Kier molecular flexibility index (Phi) is 8.73. The summed E-state index contributed by atoms with van der Waals surface area (Å²) >= 11 is -5.00. The third kappa shape index (κ3) is 5.34. The molecule has 46 heavy (non-hydrogen) atoms. The summed E-state index contributed by atoms with van der Waals surface area (Å²) in [5, 5.41) is 3.07. The predicted molar refractivity (Wildman–Crippen MR) is 208 cm³/mol. The fraction of sp³-hybridized carbons (Fsp3) is 0.316. The first kappa shape index (κ1) is 34.2. The van der Waals surface area contributed by atoms with Gasteiger partial charge in [0.2, 0.25) is 0 Å². The van der Waals surface area contributed by atoms with Crippen molar-refractivity contribution in [2.45, 2.75) is 73.5 Å². The van der Waals surface area contributed by atoms with Crippen LogP contribution in [0.1, 0.15) is 40.6 Å². The molecule has 0 aliphatic heterocycles. The van der Waals surface area contributed by atoms with E-state index in [9.17, 15) is 0 Å². The summed E-state index contributed by atoms with van der Waals surface area (Å²) in [6.45, 7) is 24.4. The van der Waals surface area contributed by atoms with E-state index in [1.165, 1.54) is 54.9 Å². The summed E-state index contributed by atoms with van der Waals surface area (Å²) in [5.74, 6) is -1.71. The van der Waals surface area contributed by atoms with Crippen molar-refractivity contribution in [1.29, 1.82) is 0 Å². The molecule has 0 saturated heterocycles. The molecule has 2 aliphatic rings. The molecule has 0 radical (unpaired) electrons. The molecule has 2 nitrogen and oxygen atoms in total. The summed E-state index contributed by atoms with van der Waals surface area (Å²) in [4.78, 5) is 9.63. The van der Waals surface area contributed by atoms with Gasteiger partial charge >= 0.3 is 290 Å². The zero-order valence-electron chi connectivity index (χ0n) is 29.0. The Morgan fingerprint density at radius 3 is 1.30 bits per heavy atom. The number of hydrogen-bond donors (Lipinski definition) is 0. The number of fused-ring (bicyclic) bond motifs is 2. The fourth-order valence-corrected chi connectivity index (χ4v) is 54.9. The molecule has 2 aliphatic carbocycles. The van der Waals surface area contributed by atoms with Crippen molar-refractivity contribution in [3.05, 3.63) is 117 Å². The van der Waals surface area contributed by atoms with Crippen molar-refractivity contribution in [1.82, 2.24) is 9.97 Å². The van der Waals surface area contributed by atoms with Crippen LogP contribution in [0.2, 0.25) is 52.4 Å². The van der Waals surface area contributed by atoms with Crippen molar-refractivity contribution < 1.29 is 15.6 Å². The summed E-state index contributed by atoms with van der Waals surface area (Å²) < 4.78 is 0.158. The first-order valence-electron chi connectivity index (χ1n) is 16.6. The second-order valence-corrected chi connectivity index (χ2v) is 68.6. The summed E-state index contributed by atoms with van der Waals surface area (Å²) in [6.07, 6.45) is 8.86. The number of pyridine rings is 2. The number of aromatic nitrogens is 2. The third-order valence-electron chi connectivity index (χ3n) is 10.6. The number of nitrogens with zero attached hydrogens (tertiary/aromatic N) is 2. The molecule has 2 aromatic heterocycles. The molecule has 2 aromatic carbocycles. The molecule has 2 atom stereocenters. The third-order valence-corrected chi connectivity index (χ3v) is 67.8. The minimum absolute atomic E-state index is 0.0791. The van der Waals surface area contributed by atoms with Crippen molar-refractivity contribution in [2.24, 2.45) is 0 Å². The van der Waals surface area contributed by atoms with Crippen molar-refractivity contribution in [3.63, 3.8) is 0 Å². The SMILES string of the molecule is Cc1ccc(-c2ccccn2)c2c1[CH]([Zr]([Cl])([Cl])([CH]1C([Si](C)(C)C)=Cc3c(-c4ccccn4)ccc(C)c31)[SiH](C)C)C([Si](C)(C)C)=C2. The van der Waals surface area contributed by atoms with Gasteiger partial charge in [0.1, 0.15) is 0 Å². The van der Waals surface area contributed by atoms with Gasteiger partial charge < -0.3 is 0 Å². The first-order valence-corrected chi connectivity index (χ1v) is 39.9. The van der Waals surface area contributed by atoms with Gasteiger partial charge in [0.25, 0.3) is 0 Å². The number of benzene rings is 2. The first-order chi connectivity index (χ1) is 21.5. The molecule has 4 aromatic rings. The molecular formula is C38H47Cl2N2Si3Zr. The Balaban J connectivity index is 1.72. The zero-order chi connectivity index (χ0) is 33.4. The van der Waals surface area contributed by atoms with Crippen LogP contribution in [0.4, 0.5) is 0 Å². The van der Waals surface area contributed by atoms with E-state index in [0.717, 1.165) is 11.4 Å². The Morgan fingerprint density at radius 2 is 1.00 bits per heavy atom. The van der Waals surface area contributed by atoms with Gasteiger partial charge in [-0.05, 0) is 0 Å². The number of halogens is 2. The van der Waals surface area contributed by atoms with Crippen LogP contribution < -0.4 is 0 Å². The Hall–Kier alpha value is -1.67. The Bertz CT molecular complexity index is 1770. The molecule has 2 heterocycles. The minimum atomic E-state index is -5.00. The zero-order valence-corrected chi connectivity index (χ0v) is 36.1. The molecule has 0 amide bonds. The van der Waals surface area contributed by atoms with Crippen molar-refractivity contribution in [2.75, 3.05) is 0 Å². The topological polar surface area (TPSA) is 25.8 Å². The maximum absolute atomic E-state index is 8.91. The second-order valence-electron chi connectivity index (χ2n) is 15.9. The van der Waals surface area contributed by atoms with Crippen molar-refractivity contribution >= 4 is 51.2 Å². The van der Waals surface area contributed by atoms with E-state index < -0.39 is 37.6 Å². The predicted octanol–water partition coefficient (Wildman–Crippen LogP) is 11.7. The van der Waals surface area contributed by atoms with E-state index in [1.807, 2.05) is 24.5 Å². The van der Waals surface area contributed by atoms with Gasteiger partial charge in [0, 0.05) is 0 Å². The summed E-state index contributed by atoms with van der Waals surface area (Å²) in [5.41, 5.74) is 12.4. The standard InChI is InChI=1S/2C18H20NSi.C2H7Si.2ClH.Zr/c2*1-13-8-9-15(18-7-5-6-10-19-18)17-12-14(11-16(13)17)20(2,3)4;1-3-2;;;/h2*5-12H,1-4H3;3H,1-2H3;2*1H;/q;;;;;+2/p-2. The maximum atomic E-state index is 8.91. The van der Waals surface area contributed by atoms with E-state index in [1.54, 1.807) is 0 Å². The van der Waals surface area contributed by atoms with Gasteiger partial charge in [0.05, 0.1) is 0 Å². The van der Waals surface area contributed by atoms with E-state index in [2.05, 4.69) is 127 Å². The van der Waals surface area contributed by atoms with Crippen LogP contribution >= 0.6 is 17.0 Å². The summed E-state index contributed by atoms with van der Waals surface area (Å²) in [7, 11) is 14.0. The quantitative estimate of drug-likeness (QED) is 0.175. The molecule has 0 N–H and O–H groups in total. The van der Waals surface area contributed by atoms with Crippen LogP contribution in [0.5, 0.6) is 0 Å². The van der Waals surface area contributed by atoms with Crippen LogP contribution in [0.3, 0.4) is 0 Å². The van der Waals surface area contributed by atoms with Crippen molar-refractivity contribution in [3.8, 4) is 22.5 Å². The van der Waals surface area contributed by atoms with Crippen LogP contribution in [0.15, 0.2) is 83.5 Å².